The first-order valence-corrected chi connectivity index (χ1v) is 11.5. The van der Waals surface area contributed by atoms with Gasteiger partial charge in [0.1, 0.15) is 17.8 Å². The van der Waals surface area contributed by atoms with Gasteiger partial charge in [-0.25, -0.2) is 4.79 Å². The van der Waals surface area contributed by atoms with Gasteiger partial charge in [-0.15, -0.1) is 0 Å². The number of phenolic OH excluding ortho intramolecular Hbond substituents is 1. The molecule has 1 aromatic rings. The van der Waals surface area contributed by atoms with Crippen molar-refractivity contribution in [3.8, 4) is 5.75 Å². The third kappa shape index (κ3) is 8.84. The van der Waals surface area contributed by atoms with Crippen LogP contribution in [0.5, 0.6) is 5.75 Å². The third-order valence-electron chi connectivity index (χ3n) is 5.38. The lowest BCUT2D eigenvalue weighted by atomic mass is 9.96. The van der Waals surface area contributed by atoms with E-state index in [0.717, 1.165) is 0 Å². The van der Waals surface area contributed by atoms with Gasteiger partial charge in [-0.3, -0.25) is 14.4 Å². The Balaban J connectivity index is 3.14. The summed E-state index contributed by atoms with van der Waals surface area (Å²) < 4.78 is 0. The normalized spacial score (nSPS) is 16.3. The first kappa shape index (κ1) is 29.2. The minimum absolute atomic E-state index is 0.0329. The summed E-state index contributed by atoms with van der Waals surface area (Å²) in [5, 5.41) is 35.8. The lowest BCUT2D eigenvalue weighted by Crippen LogP contribution is -2.60. The van der Waals surface area contributed by atoms with Crippen molar-refractivity contribution in [1.82, 2.24) is 16.0 Å². The molecule has 11 nitrogen and oxygen atoms in total. The highest BCUT2D eigenvalue weighted by atomic mass is 32.1. The Kier molecular flexibility index (Phi) is 11.8. The number of aliphatic carboxylic acids is 1. The molecule has 1 aromatic carbocycles. The summed E-state index contributed by atoms with van der Waals surface area (Å²) in [6.45, 7) is 4.72. The summed E-state index contributed by atoms with van der Waals surface area (Å²) in [7, 11) is 0. The predicted octanol–water partition coefficient (Wildman–Crippen LogP) is -0.842. The van der Waals surface area contributed by atoms with Crippen LogP contribution in [-0.4, -0.2) is 75.0 Å². The Morgan fingerprint density at radius 3 is 2.00 bits per heavy atom. The van der Waals surface area contributed by atoms with E-state index < -0.39 is 59.9 Å². The number of rotatable bonds is 13. The Bertz CT molecular complexity index is 850. The van der Waals surface area contributed by atoms with E-state index in [9.17, 15) is 34.5 Å². The fraction of sp³-hybridized carbons (Fsp3) is 0.545. The van der Waals surface area contributed by atoms with Gasteiger partial charge in [-0.2, -0.15) is 12.6 Å². The van der Waals surface area contributed by atoms with Crippen LogP contribution in [0.4, 0.5) is 0 Å². The van der Waals surface area contributed by atoms with Gasteiger partial charge in [0.15, 0.2) is 6.04 Å². The van der Waals surface area contributed by atoms with Crippen molar-refractivity contribution in [1.29, 1.82) is 0 Å². The van der Waals surface area contributed by atoms with Gasteiger partial charge in [-0.1, -0.05) is 32.4 Å². The summed E-state index contributed by atoms with van der Waals surface area (Å²) in [6.07, 6.45) is -0.846. The standard InChI is InChI=1S/C22H34N4O7S/c1-4-11(2)17(21(31)26-18(12(3)27)22(32)33)25-20(30)16(24-19(29)15(23)10-34)9-13-5-7-14(28)8-6-13/h5-8,11-12,15-18,27-28,34H,4,9-10,23H2,1-3H3,(H,24,29)(H,25,30)(H,26,31)(H,32,33). The SMILES string of the molecule is CCC(C)C(NC(=O)C(Cc1ccc(O)cc1)NC(=O)C(N)CS)C(=O)NC(C(=O)O)C(C)O. The number of aliphatic hydroxyl groups excluding tert-OH is 1. The second kappa shape index (κ2) is 13.8. The minimum Gasteiger partial charge on any atom is -0.508 e. The number of nitrogens with two attached hydrogens (primary N) is 1. The second-order valence-electron chi connectivity index (χ2n) is 8.16. The Hall–Kier alpha value is -2.83. The Morgan fingerprint density at radius 1 is 0.971 bits per heavy atom. The number of benzene rings is 1. The van der Waals surface area contributed by atoms with Gasteiger partial charge >= 0.3 is 5.97 Å². The molecule has 190 valence electrons. The van der Waals surface area contributed by atoms with E-state index >= 15 is 0 Å². The van der Waals surface area contributed by atoms with Crippen LogP contribution in [0.3, 0.4) is 0 Å². The minimum atomic E-state index is -1.56. The largest absolute Gasteiger partial charge is 0.508 e. The third-order valence-corrected chi connectivity index (χ3v) is 5.78. The van der Waals surface area contributed by atoms with Gasteiger partial charge in [0.25, 0.3) is 0 Å². The first-order chi connectivity index (χ1) is 15.9. The summed E-state index contributed by atoms with van der Waals surface area (Å²) in [5.74, 6) is -3.81. The highest BCUT2D eigenvalue weighted by molar-refractivity contribution is 7.80. The van der Waals surface area contributed by atoms with Crippen LogP contribution in [0.15, 0.2) is 24.3 Å². The van der Waals surface area contributed by atoms with E-state index in [1.165, 1.54) is 19.1 Å². The summed E-state index contributed by atoms with van der Waals surface area (Å²) in [4.78, 5) is 49.7. The van der Waals surface area contributed by atoms with Crippen LogP contribution < -0.4 is 21.7 Å². The van der Waals surface area contributed by atoms with Crippen LogP contribution >= 0.6 is 12.6 Å². The van der Waals surface area contributed by atoms with Gasteiger partial charge in [-0.05, 0) is 30.5 Å². The zero-order valence-corrected chi connectivity index (χ0v) is 20.3. The molecule has 0 saturated carbocycles. The number of phenols is 1. The van der Waals surface area contributed by atoms with E-state index in [1.54, 1.807) is 26.0 Å². The molecule has 6 atom stereocenters. The molecule has 0 bridgehead atoms. The molecule has 8 N–H and O–H groups in total. The van der Waals surface area contributed by atoms with Crippen molar-refractivity contribution in [2.45, 2.75) is 63.9 Å². The number of hydrogen-bond donors (Lipinski definition) is 8. The van der Waals surface area contributed by atoms with Crippen LogP contribution in [0.2, 0.25) is 0 Å². The van der Waals surface area contributed by atoms with Crippen LogP contribution in [0, 0.1) is 5.92 Å². The van der Waals surface area contributed by atoms with Gasteiger partial charge < -0.3 is 37.0 Å². The zero-order chi connectivity index (χ0) is 26.0. The van der Waals surface area contributed by atoms with Crippen molar-refractivity contribution in [3.05, 3.63) is 29.8 Å². The van der Waals surface area contributed by atoms with E-state index in [0.29, 0.717) is 12.0 Å². The maximum Gasteiger partial charge on any atom is 0.328 e. The average molecular weight is 499 g/mol. The molecule has 0 spiro atoms. The fourth-order valence-corrected chi connectivity index (χ4v) is 3.19. The topological polar surface area (TPSA) is 191 Å². The van der Waals surface area contributed by atoms with Crippen molar-refractivity contribution in [3.63, 3.8) is 0 Å². The number of hydrogen-bond acceptors (Lipinski definition) is 8. The van der Waals surface area contributed by atoms with E-state index in [-0.39, 0.29) is 17.9 Å². The van der Waals surface area contributed by atoms with Gasteiger partial charge in [0.05, 0.1) is 12.1 Å². The molecule has 0 aromatic heterocycles. The number of aromatic hydroxyl groups is 1. The molecule has 6 unspecified atom stereocenters. The number of carboxylic acid groups (broad SMARTS) is 1. The predicted molar refractivity (Wildman–Crippen MR) is 128 cm³/mol. The van der Waals surface area contributed by atoms with Crippen molar-refractivity contribution >= 4 is 36.3 Å². The monoisotopic (exact) mass is 498 g/mol. The highest BCUT2D eigenvalue weighted by Gasteiger charge is 2.34. The second-order valence-corrected chi connectivity index (χ2v) is 8.52. The Morgan fingerprint density at radius 2 is 1.53 bits per heavy atom. The zero-order valence-electron chi connectivity index (χ0n) is 19.4. The van der Waals surface area contributed by atoms with Crippen molar-refractivity contribution in [2.75, 3.05) is 5.75 Å². The summed E-state index contributed by atoms with van der Waals surface area (Å²) >= 11 is 3.99. The lowest BCUT2D eigenvalue weighted by Gasteiger charge is -2.28. The number of carbonyl (C=O) groups excluding carboxylic acids is 3. The molecule has 0 aliphatic carbocycles. The lowest BCUT2D eigenvalue weighted by molar-refractivity contribution is -0.145. The van der Waals surface area contributed by atoms with Crippen molar-refractivity contribution in [2.24, 2.45) is 11.7 Å². The molecular weight excluding hydrogens is 464 g/mol. The highest BCUT2D eigenvalue weighted by Crippen LogP contribution is 2.13. The summed E-state index contributed by atoms with van der Waals surface area (Å²) in [6, 6.07) is 1.27. The summed E-state index contributed by atoms with van der Waals surface area (Å²) in [5.41, 5.74) is 6.34. The molecule has 0 aliphatic rings. The Labute approximate surface area is 203 Å². The first-order valence-electron chi connectivity index (χ1n) is 10.9. The molecule has 34 heavy (non-hydrogen) atoms. The molecule has 3 amide bonds. The number of carbonyl (C=O) groups is 4. The maximum absolute atomic E-state index is 13.2. The maximum atomic E-state index is 13.2. The van der Waals surface area contributed by atoms with Crippen LogP contribution in [0.25, 0.3) is 0 Å². The van der Waals surface area contributed by atoms with Crippen LogP contribution in [0.1, 0.15) is 32.8 Å². The van der Waals surface area contributed by atoms with Crippen LogP contribution in [-0.2, 0) is 25.6 Å². The molecule has 0 fully saturated rings. The molecule has 0 aliphatic heterocycles. The average Bonchev–Trinajstić information content (AvgIpc) is 2.79. The fourth-order valence-electron chi connectivity index (χ4n) is 3.03. The number of aliphatic hydroxyl groups is 1. The van der Waals surface area contributed by atoms with E-state index in [1.807, 2.05) is 0 Å². The quantitative estimate of drug-likeness (QED) is 0.161. The van der Waals surface area contributed by atoms with E-state index in [4.69, 9.17) is 5.73 Å². The van der Waals surface area contributed by atoms with Gasteiger partial charge in [0, 0.05) is 12.2 Å². The molecule has 0 heterocycles. The van der Waals surface area contributed by atoms with Gasteiger partial charge in [0.2, 0.25) is 17.7 Å². The van der Waals surface area contributed by atoms with Crippen molar-refractivity contribution < 1.29 is 34.5 Å². The molecule has 0 saturated heterocycles. The molecule has 0 radical (unpaired) electrons. The van der Waals surface area contributed by atoms with E-state index in [2.05, 4.69) is 28.6 Å². The molecular formula is C22H34N4O7S. The molecule has 12 heteroatoms. The number of thiol groups is 1. The number of amides is 3. The number of carboxylic acids is 1. The molecule has 1 rings (SSSR count). The number of nitrogens with one attached hydrogen (secondary N) is 3. The smallest absolute Gasteiger partial charge is 0.328 e.